The van der Waals surface area contributed by atoms with Crippen LogP contribution in [0.25, 0.3) is 0 Å². The first-order chi connectivity index (χ1) is 4.84. The summed E-state index contributed by atoms with van der Waals surface area (Å²) in [6, 6.07) is 1.59. The molecule has 0 saturated carbocycles. The molecule has 10 heavy (non-hydrogen) atoms. The molecule has 1 aromatic rings. The third-order valence-electron chi connectivity index (χ3n) is 1.11. The van der Waals surface area contributed by atoms with Gasteiger partial charge in [-0.3, -0.25) is 4.57 Å². The zero-order chi connectivity index (χ0) is 7.40. The van der Waals surface area contributed by atoms with Crippen LogP contribution in [0.15, 0.2) is 23.3 Å². The Morgan fingerprint density at radius 2 is 2.50 bits per heavy atom. The molecule has 1 rings (SSSR count). The molecule has 0 aliphatic heterocycles. The maximum atomic E-state index is 11.7. The molecule has 0 saturated heterocycles. The van der Waals surface area contributed by atoms with Crippen LogP contribution in [0.4, 0.5) is 4.39 Å². The zero-order valence-electron chi connectivity index (χ0n) is 5.33. The molecule has 0 amide bonds. The number of aryl methyl sites for hydroxylation is 1. The molecule has 0 aromatic carbocycles. The van der Waals surface area contributed by atoms with Gasteiger partial charge in [-0.2, -0.15) is 0 Å². The number of aromatic nitrogens is 2. The van der Waals surface area contributed by atoms with E-state index < -0.39 is 12.4 Å². The second-order valence-electron chi connectivity index (χ2n) is 1.78. The summed E-state index contributed by atoms with van der Waals surface area (Å²) in [6.45, 7) is -0.446. The van der Waals surface area contributed by atoms with Gasteiger partial charge in [0.2, 0.25) is 0 Å². The topological polar surface area (TPSA) is 34.9 Å². The predicted octanol–water partition coefficient (Wildman–Crippen LogP) is 0.213. The largest absolute Gasteiger partial charge is 0.347 e. The average molecular weight is 142 g/mol. The second-order valence-corrected chi connectivity index (χ2v) is 1.78. The smallest absolute Gasteiger partial charge is 0.297 e. The maximum absolute atomic E-state index is 11.7. The molecule has 0 fully saturated rings. The summed E-state index contributed by atoms with van der Waals surface area (Å²) >= 11 is 0. The first kappa shape index (κ1) is 6.92. The van der Waals surface area contributed by atoms with Crippen molar-refractivity contribution in [2.45, 2.75) is 6.54 Å². The molecule has 4 heteroatoms. The Kier molecular flexibility index (Phi) is 2.15. The molecule has 0 spiro atoms. The van der Waals surface area contributed by atoms with Crippen molar-refractivity contribution in [1.82, 2.24) is 9.55 Å². The molecule has 0 aliphatic rings. The van der Waals surface area contributed by atoms with Gasteiger partial charge in [0.15, 0.2) is 0 Å². The minimum absolute atomic E-state index is 0.0900. The quantitative estimate of drug-likeness (QED) is 0.591. The molecule has 1 heterocycles. The van der Waals surface area contributed by atoms with Crippen molar-refractivity contribution in [3.8, 4) is 0 Å². The number of hydrogen-bond donors (Lipinski definition) is 0. The lowest BCUT2D eigenvalue weighted by Crippen LogP contribution is -2.21. The van der Waals surface area contributed by atoms with Crippen molar-refractivity contribution >= 4 is 0 Å². The molecule has 0 atom stereocenters. The number of halogens is 1. The van der Waals surface area contributed by atoms with Crippen LogP contribution in [0, 0.1) is 0 Å². The monoisotopic (exact) mass is 142 g/mol. The Morgan fingerprint density at radius 3 is 3.10 bits per heavy atom. The first-order valence-corrected chi connectivity index (χ1v) is 2.92. The van der Waals surface area contributed by atoms with Gasteiger partial charge in [-0.1, -0.05) is 0 Å². The molecule has 0 bridgehead atoms. The Balaban J connectivity index is 2.92. The van der Waals surface area contributed by atoms with E-state index in [0.717, 1.165) is 0 Å². The fourth-order valence-corrected chi connectivity index (χ4v) is 0.648. The Labute approximate surface area is 57.1 Å². The summed E-state index contributed by atoms with van der Waals surface area (Å²) in [5.74, 6) is 0. The zero-order valence-corrected chi connectivity index (χ0v) is 5.33. The minimum atomic E-state index is -0.536. The van der Waals surface area contributed by atoms with Gasteiger partial charge in [-0.15, -0.1) is 0 Å². The van der Waals surface area contributed by atoms with Crippen LogP contribution in [0.2, 0.25) is 0 Å². The molecule has 0 aliphatic carbocycles. The van der Waals surface area contributed by atoms with Gasteiger partial charge in [-0.25, -0.2) is 14.2 Å². The minimum Gasteiger partial charge on any atom is -0.297 e. The summed E-state index contributed by atoms with van der Waals surface area (Å²) in [4.78, 5) is 14.1. The lowest BCUT2D eigenvalue weighted by Gasteiger charge is -1.96. The van der Waals surface area contributed by atoms with E-state index in [2.05, 4.69) is 4.98 Å². The van der Waals surface area contributed by atoms with Crippen LogP contribution >= 0.6 is 0 Å². The molecule has 0 N–H and O–H groups in total. The normalized spacial score (nSPS) is 9.70. The molecule has 54 valence electrons. The van der Waals surface area contributed by atoms with E-state index in [1.807, 2.05) is 0 Å². The van der Waals surface area contributed by atoms with E-state index >= 15 is 0 Å². The van der Waals surface area contributed by atoms with Crippen LogP contribution in [-0.2, 0) is 6.54 Å². The van der Waals surface area contributed by atoms with Crippen molar-refractivity contribution in [2.75, 3.05) is 6.67 Å². The number of alkyl halides is 1. The van der Waals surface area contributed by atoms with E-state index in [9.17, 15) is 9.18 Å². The Hall–Kier alpha value is -1.19. The summed E-state index contributed by atoms with van der Waals surface area (Å²) < 4.78 is 12.9. The van der Waals surface area contributed by atoms with Gasteiger partial charge in [-0.05, 0) is 6.07 Å². The van der Waals surface area contributed by atoms with Gasteiger partial charge in [0.05, 0.1) is 6.54 Å². The molecular formula is C6H7FN2O. The van der Waals surface area contributed by atoms with Crippen molar-refractivity contribution in [3.63, 3.8) is 0 Å². The molecule has 3 nitrogen and oxygen atoms in total. The van der Waals surface area contributed by atoms with Gasteiger partial charge in [0.1, 0.15) is 6.67 Å². The van der Waals surface area contributed by atoms with Crippen molar-refractivity contribution < 1.29 is 4.39 Å². The van der Waals surface area contributed by atoms with Gasteiger partial charge in [0, 0.05) is 12.4 Å². The van der Waals surface area contributed by atoms with Gasteiger partial charge >= 0.3 is 5.69 Å². The van der Waals surface area contributed by atoms with E-state index in [1.54, 1.807) is 6.07 Å². The molecule has 0 radical (unpaired) electrons. The average Bonchev–Trinajstić information content (AvgIpc) is 1.94. The lowest BCUT2D eigenvalue weighted by molar-refractivity contribution is 0.437. The highest BCUT2D eigenvalue weighted by Crippen LogP contribution is 1.78. The third-order valence-corrected chi connectivity index (χ3v) is 1.11. The standard InChI is InChI=1S/C6H7FN2O/c7-2-5-9-4-1-3-8-6(9)10/h1,3-4H,2,5H2. The van der Waals surface area contributed by atoms with Crippen LogP contribution in [0.5, 0.6) is 0 Å². The summed E-state index contributed by atoms with van der Waals surface area (Å²) in [7, 11) is 0. The Morgan fingerprint density at radius 1 is 1.70 bits per heavy atom. The Bertz CT molecular complexity index is 258. The van der Waals surface area contributed by atoms with E-state index in [1.165, 1.54) is 17.0 Å². The predicted molar refractivity (Wildman–Crippen MR) is 34.5 cm³/mol. The molecular weight excluding hydrogens is 135 g/mol. The summed E-state index contributed by atoms with van der Waals surface area (Å²) in [5, 5.41) is 0. The highest BCUT2D eigenvalue weighted by molar-refractivity contribution is 4.80. The maximum Gasteiger partial charge on any atom is 0.347 e. The van der Waals surface area contributed by atoms with Gasteiger partial charge < -0.3 is 0 Å². The SMILES string of the molecule is O=c1ncccn1CCF. The van der Waals surface area contributed by atoms with E-state index in [4.69, 9.17) is 0 Å². The second kappa shape index (κ2) is 3.10. The number of rotatable bonds is 2. The molecule has 1 aromatic heterocycles. The highest BCUT2D eigenvalue weighted by atomic mass is 19.1. The number of hydrogen-bond acceptors (Lipinski definition) is 2. The third kappa shape index (κ3) is 1.40. The van der Waals surface area contributed by atoms with Crippen LogP contribution in [-0.4, -0.2) is 16.2 Å². The van der Waals surface area contributed by atoms with Crippen molar-refractivity contribution in [1.29, 1.82) is 0 Å². The first-order valence-electron chi connectivity index (χ1n) is 2.92. The van der Waals surface area contributed by atoms with Crippen LogP contribution < -0.4 is 5.69 Å². The fourth-order valence-electron chi connectivity index (χ4n) is 0.648. The van der Waals surface area contributed by atoms with Crippen molar-refractivity contribution in [2.24, 2.45) is 0 Å². The van der Waals surface area contributed by atoms with E-state index in [-0.39, 0.29) is 6.54 Å². The van der Waals surface area contributed by atoms with Crippen molar-refractivity contribution in [3.05, 3.63) is 28.9 Å². The van der Waals surface area contributed by atoms with E-state index in [0.29, 0.717) is 0 Å². The van der Waals surface area contributed by atoms with Gasteiger partial charge in [0.25, 0.3) is 0 Å². The van der Waals surface area contributed by atoms with Crippen LogP contribution in [0.3, 0.4) is 0 Å². The summed E-state index contributed by atoms with van der Waals surface area (Å²) in [6.07, 6.45) is 2.89. The molecule has 0 unspecified atom stereocenters. The lowest BCUT2D eigenvalue weighted by atomic mass is 10.6. The summed E-state index contributed by atoms with van der Waals surface area (Å²) in [5.41, 5.74) is -0.403. The number of nitrogens with zero attached hydrogens (tertiary/aromatic N) is 2. The fraction of sp³-hybridized carbons (Fsp3) is 0.333. The highest BCUT2D eigenvalue weighted by Gasteiger charge is 1.91. The van der Waals surface area contributed by atoms with Crippen LogP contribution in [0.1, 0.15) is 0 Å².